The zero-order valence-corrected chi connectivity index (χ0v) is 10.4. The Balaban J connectivity index is 2.03. The molecule has 1 atom stereocenters. The first kappa shape index (κ1) is 10.8. The fourth-order valence-electron chi connectivity index (χ4n) is 2.17. The van der Waals surface area contributed by atoms with E-state index in [4.69, 9.17) is 0 Å². The lowest BCUT2D eigenvalue weighted by Crippen LogP contribution is -2.33. The quantitative estimate of drug-likeness (QED) is 0.843. The lowest BCUT2D eigenvalue weighted by Gasteiger charge is -2.23. The summed E-state index contributed by atoms with van der Waals surface area (Å²) in [5.41, 5.74) is 0.383. The van der Waals surface area contributed by atoms with Crippen LogP contribution in [0.1, 0.15) is 18.4 Å². The molecule has 1 N–H and O–H groups in total. The summed E-state index contributed by atoms with van der Waals surface area (Å²) < 4.78 is 0. The van der Waals surface area contributed by atoms with Gasteiger partial charge < -0.3 is 10.2 Å². The zero-order chi connectivity index (χ0) is 10.9. The van der Waals surface area contributed by atoms with Gasteiger partial charge in [-0.05, 0) is 25.8 Å². The molecule has 1 unspecified atom stereocenters. The van der Waals surface area contributed by atoms with Crippen molar-refractivity contribution in [1.82, 2.24) is 15.5 Å². The van der Waals surface area contributed by atoms with Gasteiger partial charge in [-0.2, -0.15) is 0 Å². The van der Waals surface area contributed by atoms with Crippen molar-refractivity contribution < 1.29 is 0 Å². The third kappa shape index (κ3) is 2.29. The van der Waals surface area contributed by atoms with Crippen molar-refractivity contribution in [3.63, 3.8) is 0 Å². The Labute approximate surface area is 94.7 Å². The topological polar surface area (TPSA) is 41.0 Å². The number of aromatic nitrogens is 2. The van der Waals surface area contributed by atoms with E-state index in [0.29, 0.717) is 5.41 Å². The van der Waals surface area contributed by atoms with Crippen molar-refractivity contribution in [3.05, 3.63) is 5.01 Å². The van der Waals surface area contributed by atoms with E-state index >= 15 is 0 Å². The van der Waals surface area contributed by atoms with Crippen LogP contribution in [0.2, 0.25) is 0 Å². The largest absolute Gasteiger partial charge is 0.346 e. The van der Waals surface area contributed by atoms with Gasteiger partial charge in [0.2, 0.25) is 5.13 Å². The molecule has 1 aliphatic rings. The van der Waals surface area contributed by atoms with Gasteiger partial charge in [-0.15, -0.1) is 10.2 Å². The van der Waals surface area contributed by atoms with Crippen LogP contribution in [0.15, 0.2) is 0 Å². The minimum absolute atomic E-state index is 0.383. The number of nitrogens with zero attached hydrogens (tertiary/aromatic N) is 3. The lowest BCUT2D eigenvalue weighted by molar-refractivity contribution is 0.356. The van der Waals surface area contributed by atoms with Gasteiger partial charge >= 0.3 is 0 Å². The van der Waals surface area contributed by atoms with Crippen LogP contribution >= 0.6 is 11.3 Å². The maximum atomic E-state index is 4.20. The molecule has 0 aliphatic carbocycles. The molecule has 0 bridgehead atoms. The third-order valence-electron chi connectivity index (χ3n) is 2.95. The van der Waals surface area contributed by atoms with Crippen LogP contribution in [0.25, 0.3) is 0 Å². The van der Waals surface area contributed by atoms with Gasteiger partial charge in [0, 0.05) is 19.6 Å². The zero-order valence-electron chi connectivity index (χ0n) is 9.58. The van der Waals surface area contributed by atoms with Crippen LogP contribution in [0.3, 0.4) is 0 Å². The van der Waals surface area contributed by atoms with Gasteiger partial charge in [0.15, 0.2) is 0 Å². The highest BCUT2D eigenvalue weighted by Gasteiger charge is 2.34. The van der Waals surface area contributed by atoms with E-state index in [1.165, 1.54) is 6.42 Å². The van der Waals surface area contributed by atoms with Gasteiger partial charge in [-0.3, -0.25) is 0 Å². The second kappa shape index (κ2) is 4.06. The van der Waals surface area contributed by atoms with Crippen LogP contribution in [0.5, 0.6) is 0 Å². The van der Waals surface area contributed by atoms with E-state index in [1.54, 1.807) is 11.3 Å². The van der Waals surface area contributed by atoms with E-state index < -0.39 is 0 Å². The molecule has 0 amide bonds. The molecule has 2 rings (SSSR count). The molecule has 4 nitrogen and oxygen atoms in total. The van der Waals surface area contributed by atoms with E-state index in [1.807, 2.05) is 14.0 Å². The first-order valence-corrected chi connectivity index (χ1v) is 6.14. The molecule has 15 heavy (non-hydrogen) atoms. The van der Waals surface area contributed by atoms with Crippen molar-refractivity contribution in [2.75, 3.05) is 31.6 Å². The van der Waals surface area contributed by atoms with Gasteiger partial charge in [0.05, 0.1) is 0 Å². The normalized spacial score (nSPS) is 26.2. The summed E-state index contributed by atoms with van der Waals surface area (Å²) in [6.07, 6.45) is 1.23. The van der Waals surface area contributed by atoms with Crippen LogP contribution in [-0.2, 0) is 0 Å². The standard InChI is InChI=1S/C10H18N4S/c1-8-12-13-9(15-8)14-5-4-10(2,7-14)6-11-3/h11H,4-7H2,1-3H3. The Hall–Kier alpha value is -0.680. The molecular weight excluding hydrogens is 208 g/mol. The summed E-state index contributed by atoms with van der Waals surface area (Å²) in [7, 11) is 2.02. The van der Waals surface area contributed by atoms with Crippen molar-refractivity contribution in [3.8, 4) is 0 Å². The summed E-state index contributed by atoms with van der Waals surface area (Å²) in [4.78, 5) is 2.35. The van der Waals surface area contributed by atoms with E-state index in [-0.39, 0.29) is 0 Å². The molecule has 1 fully saturated rings. The Bertz CT molecular complexity index is 338. The van der Waals surface area contributed by atoms with Crippen molar-refractivity contribution >= 4 is 16.5 Å². The number of anilines is 1. The second-order valence-corrected chi connectivity index (χ2v) is 5.78. The van der Waals surface area contributed by atoms with Gasteiger partial charge in [-0.1, -0.05) is 18.3 Å². The minimum atomic E-state index is 0.383. The molecule has 1 aliphatic heterocycles. The smallest absolute Gasteiger partial charge is 0.208 e. The van der Waals surface area contributed by atoms with Crippen LogP contribution < -0.4 is 10.2 Å². The average molecular weight is 226 g/mol. The Morgan fingerprint density at radius 3 is 2.93 bits per heavy atom. The number of nitrogens with one attached hydrogen (secondary N) is 1. The molecule has 5 heteroatoms. The highest BCUT2D eigenvalue weighted by Crippen LogP contribution is 2.33. The van der Waals surface area contributed by atoms with Crippen molar-refractivity contribution in [2.24, 2.45) is 5.41 Å². The van der Waals surface area contributed by atoms with Gasteiger partial charge in [0.25, 0.3) is 0 Å². The molecule has 0 saturated carbocycles. The molecular formula is C10H18N4S. The predicted octanol–water partition coefficient (Wildman–Crippen LogP) is 1.28. The second-order valence-electron chi connectivity index (χ2n) is 4.62. The summed E-state index contributed by atoms with van der Waals surface area (Å²) in [5, 5.41) is 13.7. The predicted molar refractivity (Wildman–Crippen MR) is 63.5 cm³/mol. The molecule has 2 heterocycles. The van der Waals surface area contributed by atoms with Gasteiger partial charge in [0.1, 0.15) is 5.01 Å². The fraction of sp³-hybridized carbons (Fsp3) is 0.800. The van der Waals surface area contributed by atoms with E-state index in [2.05, 4.69) is 27.3 Å². The number of hydrogen-bond acceptors (Lipinski definition) is 5. The summed E-state index contributed by atoms with van der Waals surface area (Å²) in [6, 6.07) is 0. The molecule has 1 saturated heterocycles. The van der Waals surface area contributed by atoms with Crippen LogP contribution in [0, 0.1) is 12.3 Å². The molecule has 1 aromatic heterocycles. The van der Waals surface area contributed by atoms with E-state index in [9.17, 15) is 0 Å². The summed E-state index contributed by atoms with van der Waals surface area (Å²) in [5.74, 6) is 0. The maximum absolute atomic E-state index is 4.20. The molecule has 0 spiro atoms. The molecule has 1 aromatic rings. The third-order valence-corrected chi connectivity index (χ3v) is 3.85. The van der Waals surface area contributed by atoms with Crippen molar-refractivity contribution in [2.45, 2.75) is 20.3 Å². The highest BCUT2D eigenvalue weighted by molar-refractivity contribution is 7.15. The van der Waals surface area contributed by atoms with Crippen molar-refractivity contribution in [1.29, 1.82) is 0 Å². The minimum Gasteiger partial charge on any atom is -0.346 e. The first-order chi connectivity index (χ1) is 7.13. The Morgan fingerprint density at radius 2 is 2.33 bits per heavy atom. The van der Waals surface area contributed by atoms with Crippen LogP contribution in [-0.4, -0.2) is 36.9 Å². The monoisotopic (exact) mass is 226 g/mol. The average Bonchev–Trinajstić information content (AvgIpc) is 2.73. The van der Waals surface area contributed by atoms with E-state index in [0.717, 1.165) is 29.8 Å². The number of aryl methyl sites for hydroxylation is 1. The first-order valence-electron chi connectivity index (χ1n) is 5.33. The van der Waals surface area contributed by atoms with Gasteiger partial charge in [-0.25, -0.2) is 0 Å². The summed E-state index contributed by atoms with van der Waals surface area (Å²) in [6.45, 7) is 7.60. The summed E-state index contributed by atoms with van der Waals surface area (Å²) >= 11 is 1.69. The fourth-order valence-corrected chi connectivity index (χ4v) is 2.88. The van der Waals surface area contributed by atoms with Crippen LogP contribution in [0.4, 0.5) is 5.13 Å². The lowest BCUT2D eigenvalue weighted by atomic mass is 9.90. The Morgan fingerprint density at radius 1 is 1.53 bits per heavy atom. The number of hydrogen-bond donors (Lipinski definition) is 1. The SMILES string of the molecule is CNCC1(C)CCN(c2nnc(C)s2)C1. The highest BCUT2D eigenvalue weighted by atomic mass is 32.1. The molecule has 84 valence electrons. The maximum Gasteiger partial charge on any atom is 0.208 e. The Kier molecular flexibility index (Phi) is 2.93. The number of rotatable bonds is 3. The molecule has 0 aromatic carbocycles. The molecule has 0 radical (unpaired) electrons.